The van der Waals surface area contributed by atoms with Gasteiger partial charge in [0.25, 0.3) is 0 Å². The normalized spacial score (nSPS) is 21.0. The fourth-order valence-corrected chi connectivity index (χ4v) is 5.08. The standard InChI is InChI=1S/C24H31N7O/c1-15-20-6-8-31(24(20)29-14-28-15)18-3-4-19(11-18)32-23-10-17(22(12-25)30(2)26)9-16-5-7-27-13-21(16)23/h6,8-10,12,14,18-19,27H,3-5,7,11,13,25-26H2,1-2H3/b22-12-. The first-order chi connectivity index (χ1) is 15.5. The molecule has 1 aromatic carbocycles. The number of hydrazine groups is 1. The number of rotatable bonds is 5. The number of nitrogens with two attached hydrogens (primary N) is 2. The first-order valence-corrected chi connectivity index (χ1v) is 11.3. The van der Waals surface area contributed by atoms with E-state index in [0.29, 0.717) is 6.04 Å². The van der Waals surface area contributed by atoms with Crippen LogP contribution in [0.4, 0.5) is 0 Å². The fourth-order valence-electron chi connectivity index (χ4n) is 5.08. The van der Waals surface area contributed by atoms with Crippen molar-refractivity contribution in [2.24, 2.45) is 11.6 Å². The lowest BCUT2D eigenvalue weighted by atomic mass is 9.96. The molecule has 2 aromatic heterocycles. The van der Waals surface area contributed by atoms with Gasteiger partial charge in [-0.3, -0.25) is 0 Å². The van der Waals surface area contributed by atoms with E-state index in [-0.39, 0.29) is 6.10 Å². The van der Waals surface area contributed by atoms with Crippen LogP contribution < -0.4 is 21.6 Å². The molecule has 0 saturated heterocycles. The second kappa shape index (κ2) is 8.44. The Balaban J connectivity index is 1.41. The Morgan fingerprint density at radius 1 is 1.31 bits per heavy atom. The van der Waals surface area contributed by atoms with Crippen LogP contribution in [0.15, 0.2) is 36.9 Å². The van der Waals surface area contributed by atoms with Gasteiger partial charge in [-0.15, -0.1) is 0 Å². The van der Waals surface area contributed by atoms with Crippen molar-refractivity contribution in [2.75, 3.05) is 13.6 Å². The van der Waals surface area contributed by atoms with Gasteiger partial charge in [0.1, 0.15) is 23.8 Å². The van der Waals surface area contributed by atoms with E-state index in [1.54, 1.807) is 24.6 Å². The number of fused-ring (bicyclic) bond motifs is 2. The maximum absolute atomic E-state index is 6.64. The van der Waals surface area contributed by atoms with Crippen LogP contribution in [0.5, 0.6) is 5.75 Å². The topological polar surface area (TPSA) is 107 Å². The zero-order valence-corrected chi connectivity index (χ0v) is 18.7. The average molecular weight is 434 g/mol. The van der Waals surface area contributed by atoms with Crippen molar-refractivity contribution >= 4 is 16.7 Å². The molecule has 8 heteroatoms. The number of hydrogen-bond acceptors (Lipinski definition) is 7. The van der Waals surface area contributed by atoms with E-state index in [4.69, 9.17) is 16.3 Å². The van der Waals surface area contributed by atoms with E-state index in [1.807, 2.05) is 6.92 Å². The Kier molecular flexibility index (Phi) is 5.48. The summed E-state index contributed by atoms with van der Waals surface area (Å²) in [6.45, 7) is 3.81. The quantitative estimate of drug-likeness (QED) is 0.419. The molecule has 1 saturated carbocycles. The van der Waals surface area contributed by atoms with E-state index in [9.17, 15) is 0 Å². The molecule has 1 aliphatic carbocycles. The van der Waals surface area contributed by atoms with E-state index >= 15 is 0 Å². The number of aryl methyl sites for hydroxylation is 1. The molecule has 2 unspecified atom stereocenters. The molecular weight excluding hydrogens is 402 g/mol. The molecule has 3 heterocycles. The maximum atomic E-state index is 6.64. The van der Waals surface area contributed by atoms with Crippen molar-refractivity contribution in [2.45, 2.75) is 51.3 Å². The number of benzene rings is 1. The van der Waals surface area contributed by atoms with Crippen molar-refractivity contribution < 1.29 is 4.74 Å². The predicted molar refractivity (Wildman–Crippen MR) is 126 cm³/mol. The van der Waals surface area contributed by atoms with Gasteiger partial charge in [0.15, 0.2) is 0 Å². The Labute approximate surface area is 188 Å². The van der Waals surface area contributed by atoms with Crippen LogP contribution in [-0.2, 0) is 13.0 Å². The number of nitrogens with zero attached hydrogens (tertiary/aromatic N) is 4. The third-order valence-corrected chi connectivity index (χ3v) is 6.76. The molecule has 5 N–H and O–H groups in total. The van der Waals surface area contributed by atoms with E-state index in [0.717, 1.165) is 72.5 Å². The van der Waals surface area contributed by atoms with Gasteiger partial charge in [-0.05, 0) is 56.5 Å². The molecule has 3 aromatic rings. The lowest BCUT2D eigenvalue weighted by molar-refractivity contribution is 0.201. The van der Waals surface area contributed by atoms with Gasteiger partial charge >= 0.3 is 0 Å². The van der Waals surface area contributed by atoms with Gasteiger partial charge in [-0.25, -0.2) is 15.8 Å². The first kappa shape index (κ1) is 20.8. The van der Waals surface area contributed by atoms with Gasteiger partial charge in [0.05, 0.1) is 11.4 Å². The molecule has 0 amide bonds. The summed E-state index contributed by atoms with van der Waals surface area (Å²) in [7, 11) is 1.80. The van der Waals surface area contributed by atoms with Gasteiger partial charge < -0.3 is 25.4 Å². The highest BCUT2D eigenvalue weighted by Gasteiger charge is 2.30. The van der Waals surface area contributed by atoms with Crippen molar-refractivity contribution in [3.05, 3.63) is 59.3 Å². The third-order valence-electron chi connectivity index (χ3n) is 6.76. The van der Waals surface area contributed by atoms with E-state index < -0.39 is 0 Å². The van der Waals surface area contributed by atoms with Crippen molar-refractivity contribution in [1.29, 1.82) is 0 Å². The highest BCUT2D eigenvalue weighted by molar-refractivity contribution is 5.78. The lowest BCUT2D eigenvalue weighted by Crippen LogP contribution is -2.27. The first-order valence-electron chi connectivity index (χ1n) is 11.3. The Bertz CT molecular complexity index is 1170. The van der Waals surface area contributed by atoms with Crippen molar-refractivity contribution in [3.8, 4) is 5.75 Å². The SMILES string of the molecule is Cc1ncnc2c1ccn2C1CCC(Oc2cc(/C(=C/N)N(C)N)cc3c2CNCC3)C1. The largest absolute Gasteiger partial charge is 0.490 e. The third kappa shape index (κ3) is 3.69. The Hall–Kier alpha value is -3.10. The summed E-state index contributed by atoms with van der Waals surface area (Å²) in [6, 6.07) is 6.77. The molecule has 0 spiro atoms. The van der Waals surface area contributed by atoms with Crippen LogP contribution in [0.25, 0.3) is 16.7 Å². The van der Waals surface area contributed by atoms with E-state index in [2.05, 4.69) is 44.2 Å². The number of nitrogens with one attached hydrogen (secondary N) is 1. The van der Waals surface area contributed by atoms with Crippen LogP contribution in [0.1, 0.15) is 47.7 Å². The minimum Gasteiger partial charge on any atom is -0.490 e. The summed E-state index contributed by atoms with van der Waals surface area (Å²) >= 11 is 0. The zero-order chi connectivity index (χ0) is 22.2. The summed E-state index contributed by atoms with van der Waals surface area (Å²) in [6.07, 6.45) is 9.50. The molecule has 2 atom stereocenters. The van der Waals surface area contributed by atoms with Crippen LogP contribution in [0.3, 0.4) is 0 Å². The molecule has 0 radical (unpaired) electrons. The number of ether oxygens (including phenoxy) is 1. The van der Waals surface area contributed by atoms with Crippen LogP contribution in [0, 0.1) is 6.92 Å². The molecule has 0 bridgehead atoms. The van der Waals surface area contributed by atoms with Crippen LogP contribution >= 0.6 is 0 Å². The van der Waals surface area contributed by atoms with Gasteiger partial charge in [-0.2, -0.15) is 0 Å². The zero-order valence-electron chi connectivity index (χ0n) is 18.7. The fraction of sp³-hybridized carbons (Fsp3) is 0.417. The number of aromatic nitrogens is 3. The van der Waals surface area contributed by atoms with Gasteiger partial charge in [0.2, 0.25) is 0 Å². The van der Waals surface area contributed by atoms with Crippen molar-refractivity contribution in [1.82, 2.24) is 24.9 Å². The smallest absolute Gasteiger partial charge is 0.143 e. The minimum absolute atomic E-state index is 0.155. The Morgan fingerprint density at radius 3 is 3.00 bits per heavy atom. The molecule has 8 nitrogen and oxygen atoms in total. The van der Waals surface area contributed by atoms with Gasteiger partial charge in [-0.1, -0.05) is 0 Å². The predicted octanol–water partition coefficient (Wildman–Crippen LogP) is 2.62. The summed E-state index contributed by atoms with van der Waals surface area (Å²) in [5, 5.41) is 6.15. The monoisotopic (exact) mass is 433 g/mol. The maximum Gasteiger partial charge on any atom is 0.143 e. The average Bonchev–Trinajstić information content (AvgIpc) is 3.41. The summed E-state index contributed by atoms with van der Waals surface area (Å²) in [5.74, 6) is 6.95. The van der Waals surface area contributed by atoms with Crippen LogP contribution in [-0.4, -0.2) is 39.2 Å². The second-order valence-corrected chi connectivity index (χ2v) is 8.83. The minimum atomic E-state index is 0.155. The molecule has 32 heavy (non-hydrogen) atoms. The van der Waals surface area contributed by atoms with E-state index in [1.165, 1.54) is 11.1 Å². The summed E-state index contributed by atoms with van der Waals surface area (Å²) in [4.78, 5) is 8.86. The molecule has 2 aliphatic rings. The highest BCUT2D eigenvalue weighted by atomic mass is 16.5. The van der Waals surface area contributed by atoms with Crippen molar-refractivity contribution in [3.63, 3.8) is 0 Å². The molecule has 1 fully saturated rings. The highest BCUT2D eigenvalue weighted by Crippen LogP contribution is 2.38. The number of hydrogen-bond donors (Lipinski definition) is 3. The molecular formula is C24H31N7O. The van der Waals surface area contributed by atoms with Crippen LogP contribution in [0.2, 0.25) is 0 Å². The Morgan fingerprint density at radius 2 is 2.19 bits per heavy atom. The molecule has 1 aliphatic heterocycles. The summed E-state index contributed by atoms with van der Waals surface area (Å²) < 4.78 is 8.93. The second-order valence-electron chi connectivity index (χ2n) is 8.83. The summed E-state index contributed by atoms with van der Waals surface area (Å²) in [5.41, 5.74) is 12.2. The van der Waals surface area contributed by atoms with Gasteiger partial charge in [0, 0.05) is 55.0 Å². The molecule has 168 valence electrons. The molecule has 5 rings (SSSR count). The lowest BCUT2D eigenvalue weighted by Gasteiger charge is -2.26.